The summed E-state index contributed by atoms with van der Waals surface area (Å²) in [5, 5.41) is 0. The number of hydrogen-bond donors (Lipinski definition) is 0. The second kappa shape index (κ2) is 5.95. The third-order valence-corrected chi connectivity index (χ3v) is 3.05. The van der Waals surface area contributed by atoms with Crippen molar-refractivity contribution < 1.29 is 4.52 Å². The third kappa shape index (κ3) is 4.43. The lowest BCUT2D eigenvalue weighted by Gasteiger charge is -2.17. The quantitative estimate of drug-likeness (QED) is 0.500. The van der Waals surface area contributed by atoms with Crippen LogP contribution in [0.2, 0.25) is 0 Å². The van der Waals surface area contributed by atoms with Gasteiger partial charge in [-0.3, -0.25) is 0 Å². The molecule has 0 bridgehead atoms. The predicted molar refractivity (Wildman–Crippen MR) is 59.4 cm³/mol. The lowest BCUT2D eigenvalue weighted by atomic mass is 9.89. The fourth-order valence-corrected chi connectivity index (χ4v) is 2.04. The minimum absolute atomic E-state index is 0.298. The summed E-state index contributed by atoms with van der Waals surface area (Å²) in [4.78, 5) is 0. The molecular formula is C9H18OP2. The van der Waals surface area contributed by atoms with Gasteiger partial charge in [-0.2, -0.15) is 0 Å². The molecule has 1 saturated carbocycles. The lowest BCUT2D eigenvalue weighted by molar-refractivity contribution is 0.411. The van der Waals surface area contributed by atoms with E-state index in [4.69, 9.17) is 4.52 Å². The van der Waals surface area contributed by atoms with E-state index in [9.17, 15) is 0 Å². The number of allylic oxidation sites excluding steroid dienone is 1. The molecule has 0 saturated heterocycles. The topological polar surface area (TPSA) is 9.23 Å². The van der Waals surface area contributed by atoms with E-state index in [2.05, 4.69) is 21.7 Å². The van der Waals surface area contributed by atoms with E-state index < -0.39 is 0 Å². The average molecular weight is 204 g/mol. The summed E-state index contributed by atoms with van der Waals surface area (Å²) in [6, 6.07) is 0. The summed E-state index contributed by atoms with van der Waals surface area (Å²) in [5.74, 6) is 0.790. The molecule has 0 spiro atoms. The lowest BCUT2D eigenvalue weighted by Crippen LogP contribution is -2.02. The van der Waals surface area contributed by atoms with E-state index in [1.165, 1.54) is 32.1 Å². The van der Waals surface area contributed by atoms with Crippen LogP contribution in [-0.4, -0.2) is 6.66 Å². The van der Waals surface area contributed by atoms with Crippen molar-refractivity contribution in [2.24, 2.45) is 5.92 Å². The molecular weight excluding hydrogens is 186 g/mol. The fourth-order valence-electron chi connectivity index (χ4n) is 1.57. The van der Waals surface area contributed by atoms with Gasteiger partial charge in [-0.1, -0.05) is 28.2 Å². The second-order valence-corrected chi connectivity index (χ2v) is 6.86. The van der Waals surface area contributed by atoms with Crippen LogP contribution >= 0.6 is 16.8 Å². The van der Waals surface area contributed by atoms with Gasteiger partial charge in [-0.15, -0.1) is 0 Å². The standard InChI is InChI=1S/C9H18OP2/c1-12(11)10-8-7-9-5-3-2-4-6-9/h7-9H,2-6,11H2,1H3/b8-7-. The zero-order valence-electron chi connectivity index (χ0n) is 7.70. The fraction of sp³-hybridized carbons (Fsp3) is 0.778. The first-order chi connectivity index (χ1) is 5.79. The summed E-state index contributed by atoms with van der Waals surface area (Å²) in [5.41, 5.74) is 0. The Balaban J connectivity index is 2.15. The molecule has 0 aromatic carbocycles. The van der Waals surface area contributed by atoms with Crippen molar-refractivity contribution in [2.45, 2.75) is 32.1 Å². The molecule has 0 heterocycles. The summed E-state index contributed by atoms with van der Waals surface area (Å²) in [7, 11) is 2.39. The molecule has 3 heteroatoms. The van der Waals surface area contributed by atoms with Crippen molar-refractivity contribution in [2.75, 3.05) is 6.66 Å². The first kappa shape index (κ1) is 10.5. The van der Waals surface area contributed by atoms with Gasteiger partial charge in [0, 0.05) is 0 Å². The largest absolute Gasteiger partial charge is 0.478 e. The summed E-state index contributed by atoms with van der Waals surface area (Å²) in [6.07, 6.45) is 11.1. The summed E-state index contributed by atoms with van der Waals surface area (Å²) < 4.78 is 5.39. The molecule has 12 heavy (non-hydrogen) atoms. The molecule has 1 aliphatic carbocycles. The molecule has 0 radical (unpaired) electrons. The monoisotopic (exact) mass is 204 g/mol. The van der Waals surface area contributed by atoms with Crippen LogP contribution in [-0.2, 0) is 4.52 Å². The molecule has 1 rings (SSSR count). The Bertz CT molecular complexity index is 139. The van der Waals surface area contributed by atoms with E-state index in [1.807, 2.05) is 6.26 Å². The van der Waals surface area contributed by atoms with Crippen molar-refractivity contribution in [3.8, 4) is 0 Å². The maximum atomic E-state index is 5.39. The van der Waals surface area contributed by atoms with Gasteiger partial charge in [0.1, 0.15) is 0 Å². The molecule has 0 N–H and O–H groups in total. The average Bonchev–Trinajstić information content (AvgIpc) is 2.05. The Morgan fingerprint density at radius 2 is 2.00 bits per heavy atom. The molecule has 70 valence electrons. The Hall–Kier alpha value is 0.400. The van der Waals surface area contributed by atoms with Gasteiger partial charge in [0.05, 0.1) is 14.1 Å². The van der Waals surface area contributed by atoms with Crippen molar-refractivity contribution >= 4 is 16.8 Å². The summed E-state index contributed by atoms with van der Waals surface area (Å²) >= 11 is 0. The first-order valence-electron chi connectivity index (χ1n) is 4.61. The predicted octanol–water partition coefficient (Wildman–Crippen LogP) is 3.91. The highest BCUT2D eigenvalue weighted by molar-refractivity contribution is 8.10. The highest BCUT2D eigenvalue weighted by Gasteiger charge is 2.09. The van der Waals surface area contributed by atoms with Gasteiger partial charge in [0.15, 0.2) is 0 Å². The van der Waals surface area contributed by atoms with E-state index in [1.54, 1.807) is 0 Å². The van der Waals surface area contributed by atoms with Gasteiger partial charge in [0.25, 0.3) is 0 Å². The maximum Gasteiger partial charge on any atom is 0.0999 e. The smallest absolute Gasteiger partial charge is 0.0999 e. The first-order valence-corrected chi connectivity index (χ1v) is 7.93. The van der Waals surface area contributed by atoms with Gasteiger partial charge in [-0.25, -0.2) is 0 Å². The van der Waals surface area contributed by atoms with Crippen LogP contribution in [0, 0.1) is 5.92 Å². The molecule has 2 unspecified atom stereocenters. The van der Waals surface area contributed by atoms with Crippen molar-refractivity contribution in [3.05, 3.63) is 12.3 Å². The van der Waals surface area contributed by atoms with Crippen molar-refractivity contribution in [1.29, 1.82) is 0 Å². The highest BCUT2D eigenvalue weighted by Crippen LogP contribution is 2.41. The van der Waals surface area contributed by atoms with Crippen LogP contribution < -0.4 is 0 Å². The van der Waals surface area contributed by atoms with Crippen LogP contribution in [0.3, 0.4) is 0 Å². The third-order valence-electron chi connectivity index (χ3n) is 2.23. The zero-order chi connectivity index (χ0) is 8.81. The van der Waals surface area contributed by atoms with E-state index in [-0.39, 0.29) is 7.84 Å². The normalized spacial score (nSPS) is 22.8. The molecule has 0 aromatic rings. The molecule has 1 aliphatic rings. The van der Waals surface area contributed by atoms with Crippen molar-refractivity contribution in [3.63, 3.8) is 0 Å². The maximum absolute atomic E-state index is 5.39. The Kier molecular flexibility index (Phi) is 5.19. The molecule has 2 atom stereocenters. The van der Waals surface area contributed by atoms with E-state index in [0.717, 1.165) is 5.92 Å². The van der Waals surface area contributed by atoms with Crippen LogP contribution in [0.5, 0.6) is 0 Å². The SMILES string of the molecule is CP(P)O/C=C\C1CCCCC1. The minimum atomic E-state index is -0.298. The van der Waals surface area contributed by atoms with Crippen LogP contribution in [0.25, 0.3) is 0 Å². The zero-order valence-corrected chi connectivity index (χ0v) is 9.75. The molecule has 0 aliphatic heterocycles. The van der Waals surface area contributed by atoms with Gasteiger partial charge in [-0.05, 0) is 31.5 Å². The minimum Gasteiger partial charge on any atom is -0.478 e. The molecule has 0 amide bonds. The Morgan fingerprint density at radius 1 is 1.33 bits per heavy atom. The second-order valence-electron chi connectivity index (χ2n) is 3.38. The highest BCUT2D eigenvalue weighted by atomic mass is 32.0. The van der Waals surface area contributed by atoms with E-state index in [0.29, 0.717) is 0 Å². The van der Waals surface area contributed by atoms with Gasteiger partial charge in [0.2, 0.25) is 0 Å². The van der Waals surface area contributed by atoms with Crippen LogP contribution in [0.1, 0.15) is 32.1 Å². The van der Waals surface area contributed by atoms with Crippen LogP contribution in [0.4, 0.5) is 0 Å². The van der Waals surface area contributed by atoms with E-state index >= 15 is 0 Å². The van der Waals surface area contributed by atoms with Gasteiger partial charge >= 0.3 is 0 Å². The Morgan fingerprint density at radius 3 is 2.58 bits per heavy atom. The Labute approximate surface area is 78.9 Å². The molecule has 0 aromatic heterocycles. The van der Waals surface area contributed by atoms with Gasteiger partial charge < -0.3 is 4.52 Å². The number of rotatable bonds is 3. The van der Waals surface area contributed by atoms with Crippen molar-refractivity contribution in [1.82, 2.24) is 0 Å². The molecule has 1 nitrogen and oxygen atoms in total. The summed E-state index contributed by atoms with van der Waals surface area (Å²) in [6.45, 7) is 2.09. The molecule has 1 fully saturated rings. The number of hydrogen-bond acceptors (Lipinski definition) is 1. The van der Waals surface area contributed by atoms with Crippen LogP contribution in [0.15, 0.2) is 12.3 Å².